The first kappa shape index (κ1) is 22.3. The minimum Gasteiger partial charge on any atom is -0.477 e. The second-order valence-electron chi connectivity index (χ2n) is 8.08. The summed E-state index contributed by atoms with van der Waals surface area (Å²) in [5.74, 6) is -0.169. The quantitative estimate of drug-likeness (QED) is 0.592. The Kier molecular flexibility index (Phi) is 6.53. The summed E-state index contributed by atoms with van der Waals surface area (Å²) in [6, 6.07) is 11.1. The number of hydrogen-bond acceptors (Lipinski definition) is 6. The van der Waals surface area contributed by atoms with Crippen LogP contribution in [0.3, 0.4) is 0 Å². The fraction of sp³-hybridized carbons (Fsp3) is 0.348. The summed E-state index contributed by atoms with van der Waals surface area (Å²) >= 11 is 0. The number of nitrogens with zero attached hydrogens (tertiary/aromatic N) is 4. The molecular formula is C23H25N5O5. The van der Waals surface area contributed by atoms with Gasteiger partial charge in [-0.25, -0.2) is 28.9 Å². The third-order valence-corrected chi connectivity index (χ3v) is 5.70. The smallest absolute Gasteiger partial charge is 0.354 e. The Morgan fingerprint density at radius 2 is 1.88 bits per heavy atom. The van der Waals surface area contributed by atoms with Crippen LogP contribution in [0.15, 0.2) is 57.0 Å². The normalized spacial score (nSPS) is 14.9. The molecule has 2 N–H and O–H groups in total. The molecule has 0 saturated heterocycles. The summed E-state index contributed by atoms with van der Waals surface area (Å²) in [6.45, 7) is 0.509. The van der Waals surface area contributed by atoms with Crippen LogP contribution in [0.1, 0.15) is 42.6 Å². The average molecular weight is 451 g/mol. The Hall–Kier alpha value is -3.95. The lowest BCUT2D eigenvalue weighted by Crippen LogP contribution is -2.49. The predicted molar refractivity (Wildman–Crippen MR) is 120 cm³/mol. The number of pyridine rings is 1. The van der Waals surface area contributed by atoms with Crippen LogP contribution in [0.5, 0.6) is 11.6 Å². The first-order valence-electron chi connectivity index (χ1n) is 10.8. The molecule has 4 rings (SSSR count). The van der Waals surface area contributed by atoms with Crippen LogP contribution in [0.25, 0.3) is 0 Å². The van der Waals surface area contributed by atoms with Gasteiger partial charge in [0, 0.05) is 19.7 Å². The van der Waals surface area contributed by atoms with Crippen molar-refractivity contribution < 1.29 is 14.6 Å². The molecule has 10 heteroatoms. The lowest BCUT2D eigenvalue weighted by molar-refractivity contribution is 0.0689. The number of ether oxygens (including phenoxy) is 1. The number of hydrogen-bond donors (Lipinski definition) is 2. The van der Waals surface area contributed by atoms with E-state index in [4.69, 9.17) is 9.84 Å². The van der Waals surface area contributed by atoms with Gasteiger partial charge in [0.05, 0.1) is 5.69 Å². The van der Waals surface area contributed by atoms with Crippen LogP contribution in [0, 0.1) is 5.92 Å². The second-order valence-corrected chi connectivity index (χ2v) is 8.08. The number of rotatable bonds is 6. The number of carboxylic acids is 1. The van der Waals surface area contributed by atoms with E-state index in [2.05, 4.69) is 15.0 Å². The van der Waals surface area contributed by atoms with E-state index < -0.39 is 17.3 Å². The van der Waals surface area contributed by atoms with Gasteiger partial charge < -0.3 is 9.84 Å². The molecule has 0 spiro atoms. The van der Waals surface area contributed by atoms with Gasteiger partial charge in [-0.05, 0) is 49.1 Å². The van der Waals surface area contributed by atoms with Crippen molar-refractivity contribution in [2.45, 2.75) is 38.6 Å². The SMILES string of the molecule is Cn1c(=O)[nH]/c(=N\c2ccc(Oc3cccc(C(=O)O)n3)cc2)n(CC2CCCCC2)c1=O. The van der Waals surface area contributed by atoms with Gasteiger partial charge in [-0.2, -0.15) is 0 Å². The molecule has 0 aliphatic heterocycles. The standard InChI is InChI=1S/C23H25N5O5/c1-27-22(31)26-21(28(23(27)32)14-15-6-3-2-4-7-15)24-16-10-12-17(13-11-16)33-19-9-5-8-18(25-19)20(29)30/h5,8-13,15H,2-4,6-7,14H2,1H3,(H,29,30)(H,24,26,31). The molecule has 172 valence electrons. The topological polar surface area (TPSA) is 132 Å². The van der Waals surface area contributed by atoms with Crippen molar-refractivity contribution in [2.24, 2.45) is 18.0 Å². The van der Waals surface area contributed by atoms with Crippen LogP contribution in [-0.2, 0) is 13.6 Å². The van der Waals surface area contributed by atoms with E-state index in [9.17, 15) is 14.4 Å². The molecule has 0 amide bonds. The Morgan fingerprint density at radius 1 is 1.15 bits per heavy atom. The van der Waals surface area contributed by atoms with Gasteiger partial charge in [-0.15, -0.1) is 0 Å². The number of aromatic amines is 1. The molecule has 1 aliphatic rings. The largest absolute Gasteiger partial charge is 0.477 e. The molecule has 0 radical (unpaired) electrons. The summed E-state index contributed by atoms with van der Waals surface area (Å²) in [6.07, 6.45) is 5.61. The predicted octanol–water partition coefficient (Wildman–Crippen LogP) is 2.57. The molecule has 1 fully saturated rings. The number of aromatic nitrogens is 4. The maximum atomic E-state index is 12.8. The number of carbonyl (C=O) groups is 1. The van der Waals surface area contributed by atoms with Gasteiger partial charge in [-0.3, -0.25) is 9.55 Å². The highest BCUT2D eigenvalue weighted by Crippen LogP contribution is 2.25. The second kappa shape index (κ2) is 9.68. The fourth-order valence-electron chi connectivity index (χ4n) is 3.91. The third kappa shape index (κ3) is 5.28. The van der Waals surface area contributed by atoms with Crippen molar-refractivity contribution in [3.8, 4) is 11.6 Å². The fourth-order valence-corrected chi connectivity index (χ4v) is 3.91. The molecule has 2 heterocycles. The van der Waals surface area contributed by atoms with E-state index in [1.165, 1.54) is 24.1 Å². The van der Waals surface area contributed by atoms with E-state index in [-0.39, 0.29) is 17.2 Å². The minimum absolute atomic E-state index is 0.115. The van der Waals surface area contributed by atoms with Gasteiger partial charge in [-0.1, -0.05) is 25.3 Å². The molecule has 0 unspecified atom stereocenters. The zero-order chi connectivity index (χ0) is 23.4. The van der Waals surface area contributed by atoms with E-state index in [1.807, 2.05) is 0 Å². The van der Waals surface area contributed by atoms with E-state index in [0.29, 0.717) is 23.9 Å². The summed E-state index contributed by atoms with van der Waals surface area (Å²) < 4.78 is 8.20. The van der Waals surface area contributed by atoms with Gasteiger partial charge in [0.15, 0.2) is 5.69 Å². The molecule has 33 heavy (non-hydrogen) atoms. The molecule has 3 aromatic rings. The van der Waals surface area contributed by atoms with Crippen molar-refractivity contribution in [1.82, 2.24) is 19.1 Å². The zero-order valence-corrected chi connectivity index (χ0v) is 18.2. The van der Waals surface area contributed by atoms with E-state index in [0.717, 1.165) is 30.3 Å². The Balaban J connectivity index is 1.62. The number of nitrogens with one attached hydrogen (secondary N) is 1. The highest BCUT2D eigenvalue weighted by Gasteiger charge is 2.17. The van der Waals surface area contributed by atoms with Crippen LogP contribution < -0.4 is 21.7 Å². The number of carboxylic acid groups (broad SMARTS) is 1. The van der Waals surface area contributed by atoms with Crippen molar-refractivity contribution in [1.29, 1.82) is 0 Å². The van der Waals surface area contributed by atoms with Crippen LogP contribution in [-0.4, -0.2) is 30.2 Å². The first-order valence-corrected chi connectivity index (χ1v) is 10.8. The third-order valence-electron chi connectivity index (χ3n) is 5.70. The average Bonchev–Trinajstić information content (AvgIpc) is 2.82. The lowest BCUT2D eigenvalue weighted by atomic mass is 9.89. The molecule has 0 atom stereocenters. The highest BCUT2D eigenvalue weighted by atomic mass is 16.5. The number of benzene rings is 1. The van der Waals surface area contributed by atoms with Crippen LogP contribution in [0.4, 0.5) is 5.69 Å². The van der Waals surface area contributed by atoms with Crippen LogP contribution >= 0.6 is 0 Å². The summed E-state index contributed by atoms with van der Waals surface area (Å²) in [5, 5.41) is 9.05. The minimum atomic E-state index is -1.14. The van der Waals surface area contributed by atoms with Crippen molar-refractivity contribution in [2.75, 3.05) is 0 Å². The summed E-state index contributed by atoms with van der Waals surface area (Å²) in [4.78, 5) is 47.2. The van der Waals surface area contributed by atoms with E-state index >= 15 is 0 Å². The zero-order valence-electron chi connectivity index (χ0n) is 18.2. The van der Waals surface area contributed by atoms with Gasteiger partial charge in [0.1, 0.15) is 5.75 Å². The first-order chi connectivity index (χ1) is 15.9. The van der Waals surface area contributed by atoms with E-state index in [1.54, 1.807) is 36.4 Å². The molecule has 1 saturated carbocycles. The van der Waals surface area contributed by atoms with Gasteiger partial charge in [0.25, 0.3) is 0 Å². The number of H-pyrrole nitrogens is 1. The summed E-state index contributed by atoms with van der Waals surface area (Å²) in [7, 11) is 1.45. The molecule has 2 aromatic heterocycles. The maximum absolute atomic E-state index is 12.8. The molecule has 10 nitrogen and oxygen atoms in total. The van der Waals surface area contributed by atoms with Crippen molar-refractivity contribution >= 4 is 11.7 Å². The van der Waals surface area contributed by atoms with Crippen molar-refractivity contribution in [3.63, 3.8) is 0 Å². The lowest BCUT2D eigenvalue weighted by Gasteiger charge is -2.22. The Bertz CT molecular complexity index is 1330. The monoisotopic (exact) mass is 451 g/mol. The highest BCUT2D eigenvalue weighted by molar-refractivity contribution is 5.85. The number of aromatic carboxylic acids is 1. The molecular weight excluding hydrogens is 426 g/mol. The Morgan fingerprint density at radius 3 is 2.58 bits per heavy atom. The van der Waals surface area contributed by atoms with Crippen LogP contribution in [0.2, 0.25) is 0 Å². The molecule has 1 aromatic carbocycles. The molecule has 0 bridgehead atoms. The Labute approximate surface area is 188 Å². The van der Waals surface area contributed by atoms with Gasteiger partial charge in [0.2, 0.25) is 11.5 Å². The molecule has 1 aliphatic carbocycles. The van der Waals surface area contributed by atoms with Crippen molar-refractivity contribution in [3.05, 3.63) is 74.7 Å². The summed E-state index contributed by atoms with van der Waals surface area (Å²) in [5.41, 5.74) is -0.305. The van der Waals surface area contributed by atoms with Gasteiger partial charge >= 0.3 is 17.3 Å². The maximum Gasteiger partial charge on any atom is 0.354 e.